The molecule has 3 aliphatic rings. The number of aromatic nitrogens is 1. The van der Waals surface area contributed by atoms with Crippen molar-refractivity contribution in [1.82, 2.24) is 15.0 Å². The van der Waals surface area contributed by atoms with E-state index < -0.39 is 0 Å². The smallest absolute Gasteiger partial charge is 0.251 e. The first kappa shape index (κ1) is 16.1. The molecule has 1 aromatic heterocycles. The fourth-order valence-electron chi connectivity index (χ4n) is 4.34. The van der Waals surface area contributed by atoms with Crippen LogP contribution in [0.25, 0.3) is 0 Å². The molecular formula is C18H27N3O3. The predicted molar refractivity (Wildman–Crippen MR) is 88.4 cm³/mol. The maximum absolute atomic E-state index is 12.6. The number of hydrogen-bond donors (Lipinski definition) is 0. The summed E-state index contributed by atoms with van der Waals surface area (Å²) in [5.74, 6) is 1.09. The molecule has 3 saturated heterocycles. The molecule has 0 aliphatic carbocycles. The third-order valence-corrected chi connectivity index (χ3v) is 5.78. The van der Waals surface area contributed by atoms with Crippen LogP contribution >= 0.6 is 0 Å². The second kappa shape index (κ2) is 6.48. The lowest BCUT2D eigenvalue weighted by Crippen LogP contribution is -2.45. The quantitative estimate of drug-likeness (QED) is 0.848. The number of amides is 1. The van der Waals surface area contributed by atoms with E-state index in [0.29, 0.717) is 0 Å². The summed E-state index contributed by atoms with van der Waals surface area (Å²) < 4.78 is 11.5. The summed E-state index contributed by atoms with van der Waals surface area (Å²) in [5, 5.41) is 4.08. The van der Waals surface area contributed by atoms with Gasteiger partial charge in [-0.3, -0.25) is 9.69 Å². The van der Waals surface area contributed by atoms with E-state index in [2.05, 4.69) is 10.1 Å². The molecule has 3 aliphatic heterocycles. The van der Waals surface area contributed by atoms with Crippen molar-refractivity contribution in [3.8, 4) is 0 Å². The zero-order valence-electron chi connectivity index (χ0n) is 14.5. The van der Waals surface area contributed by atoms with Crippen LogP contribution in [0.2, 0.25) is 0 Å². The summed E-state index contributed by atoms with van der Waals surface area (Å²) in [7, 11) is 0. The molecule has 6 heteroatoms. The van der Waals surface area contributed by atoms with Gasteiger partial charge in [-0.1, -0.05) is 5.16 Å². The lowest BCUT2D eigenvalue weighted by atomic mass is 9.88. The van der Waals surface area contributed by atoms with Crippen LogP contribution in [0.1, 0.15) is 50.0 Å². The van der Waals surface area contributed by atoms with Crippen molar-refractivity contribution < 1.29 is 14.1 Å². The molecule has 1 spiro atoms. The van der Waals surface area contributed by atoms with Gasteiger partial charge in [0.05, 0.1) is 11.3 Å². The minimum atomic E-state index is -0.201. The number of aryl methyl sites for hydroxylation is 1. The number of nitrogens with zero attached hydrogens (tertiary/aromatic N) is 3. The second-order valence-electron chi connectivity index (χ2n) is 7.57. The molecule has 0 unspecified atom stereocenters. The second-order valence-corrected chi connectivity index (χ2v) is 7.57. The standard InChI is InChI=1S/C18H27N3O3/c1-14-12-15(19-24-14)13-20-10-6-18(7-11-20)5-4-16(23-18)17(22)21-8-2-3-9-21/h12,16H,2-11,13H2,1H3/t16-/m1/s1. The van der Waals surface area contributed by atoms with Crippen LogP contribution in [0, 0.1) is 6.92 Å². The van der Waals surface area contributed by atoms with Crippen LogP contribution in [0.3, 0.4) is 0 Å². The van der Waals surface area contributed by atoms with E-state index in [1.807, 2.05) is 17.9 Å². The monoisotopic (exact) mass is 333 g/mol. The Morgan fingerprint density at radius 2 is 2.00 bits per heavy atom. The number of hydrogen-bond acceptors (Lipinski definition) is 5. The number of ether oxygens (including phenoxy) is 1. The summed E-state index contributed by atoms with van der Waals surface area (Å²) in [5.41, 5.74) is 0.925. The number of likely N-dealkylation sites (tertiary alicyclic amines) is 2. The Bertz CT molecular complexity index is 586. The molecule has 0 aromatic carbocycles. The van der Waals surface area contributed by atoms with Gasteiger partial charge in [-0.2, -0.15) is 0 Å². The van der Waals surface area contributed by atoms with Gasteiger partial charge in [0.2, 0.25) is 0 Å². The molecular weight excluding hydrogens is 306 g/mol. The highest BCUT2D eigenvalue weighted by atomic mass is 16.5. The van der Waals surface area contributed by atoms with Crippen molar-refractivity contribution in [1.29, 1.82) is 0 Å². The third-order valence-electron chi connectivity index (χ3n) is 5.78. The Labute approximate surface area is 143 Å². The summed E-state index contributed by atoms with van der Waals surface area (Å²) in [6.07, 6.45) is 6.00. The highest BCUT2D eigenvalue weighted by Crippen LogP contribution is 2.39. The average Bonchev–Trinajstić information content (AvgIpc) is 3.31. The lowest BCUT2D eigenvalue weighted by Gasteiger charge is -2.39. The molecule has 6 nitrogen and oxygen atoms in total. The fraction of sp³-hybridized carbons (Fsp3) is 0.778. The van der Waals surface area contributed by atoms with E-state index >= 15 is 0 Å². The molecule has 132 valence electrons. The van der Waals surface area contributed by atoms with Crippen LogP contribution in [0.4, 0.5) is 0 Å². The molecule has 4 heterocycles. The lowest BCUT2D eigenvalue weighted by molar-refractivity contribution is -0.150. The van der Waals surface area contributed by atoms with Gasteiger partial charge in [-0.05, 0) is 45.4 Å². The summed E-state index contributed by atoms with van der Waals surface area (Å²) in [6, 6.07) is 2.00. The first-order chi connectivity index (χ1) is 11.6. The van der Waals surface area contributed by atoms with E-state index in [1.54, 1.807) is 0 Å². The first-order valence-electron chi connectivity index (χ1n) is 9.25. The fourth-order valence-corrected chi connectivity index (χ4v) is 4.34. The largest absolute Gasteiger partial charge is 0.362 e. The van der Waals surface area contributed by atoms with E-state index in [-0.39, 0.29) is 17.6 Å². The summed E-state index contributed by atoms with van der Waals surface area (Å²) in [4.78, 5) is 16.9. The minimum absolute atomic E-state index is 0.0731. The highest BCUT2D eigenvalue weighted by Gasteiger charge is 2.45. The first-order valence-corrected chi connectivity index (χ1v) is 9.25. The Balaban J connectivity index is 1.29. The highest BCUT2D eigenvalue weighted by molar-refractivity contribution is 5.81. The van der Waals surface area contributed by atoms with Crippen LogP contribution < -0.4 is 0 Å². The van der Waals surface area contributed by atoms with E-state index in [9.17, 15) is 4.79 Å². The van der Waals surface area contributed by atoms with Crippen molar-refractivity contribution in [2.75, 3.05) is 26.2 Å². The molecule has 0 radical (unpaired) electrons. The van der Waals surface area contributed by atoms with Crippen LogP contribution in [0.5, 0.6) is 0 Å². The molecule has 0 N–H and O–H groups in total. The van der Waals surface area contributed by atoms with Gasteiger partial charge in [0, 0.05) is 38.8 Å². The molecule has 1 aromatic rings. The molecule has 4 rings (SSSR count). The van der Waals surface area contributed by atoms with E-state index in [1.165, 1.54) is 0 Å². The van der Waals surface area contributed by atoms with Gasteiger partial charge in [0.25, 0.3) is 5.91 Å². The van der Waals surface area contributed by atoms with Gasteiger partial charge >= 0.3 is 0 Å². The number of rotatable bonds is 3. The van der Waals surface area contributed by atoms with Crippen molar-refractivity contribution in [3.05, 3.63) is 17.5 Å². The van der Waals surface area contributed by atoms with Crippen LogP contribution in [0.15, 0.2) is 10.6 Å². The summed E-state index contributed by atoms with van der Waals surface area (Å²) in [6.45, 7) is 6.58. The maximum Gasteiger partial charge on any atom is 0.251 e. The van der Waals surface area contributed by atoms with Crippen molar-refractivity contribution in [2.24, 2.45) is 0 Å². The predicted octanol–water partition coefficient (Wildman–Crippen LogP) is 2.12. The van der Waals surface area contributed by atoms with Crippen LogP contribution in [-0.2, 0) is 16.1 Å². The Hall–Kier alpha value is -1.40. The Morgan fingerprint density at radius 3 is 2.67 bits per heavy atom. The van der Waals surface area contributed by atoms with Gasteiger partial charge in [-0.25, -0.2) is 0 Å². The summed E-state index contributed by atoms with van der Waals surface area (Å²) >= 11 is 0. The van der Waals surface area contributed by atoms with Crippen molar-refractivity contribution in [2.45, 2.75) is 63.7 Å². The van der Waals surface area contributed by atoms with Crippen LogP contribution in [-0.4, -0.2) is 58.7 Å². The van der Waals surface area contributed by atoms with E-state index in [4.69, 9.17) is 9.26 Å². The zero-order valence-corrected chi connectivity index (χ0v) is 14.5. The van der Waals surface area contributed by atoms with Gasteiger partial charge in [-0.15, -0.1) is 0 Å². The molecule has 1 atom stereocenters. The van der Waals surface area contributed by atoms with Gasteiger partial charge < -0.3 is 14.2 Å². The number of carbonyl (C=O) groups excluding carboxylic acids is 1. The minimum Gasteiger partial charge on any atom is -0.362 e. The maximum atomic E-state index is 12.6. The van der Waals surface area contributed by atoms with E-state index in [0.717, 1.165) is 82.7 Å². The zero-order chi connectivity index (χ0) is 16.6. The number of carbonyl (C=O) groups is 1. The molecule has 0 saturated carbocycles. The average molecular weight is 333 g/mol. The Kier molecular flexibility index (Phi) is 4.35. The topological polar surface area (TPSA) is 58.8 Å². The Morgan fingerprint density at radius 1 is 1.25 bits per heavy atom. The normalized spacial score (nSPS) is 27.2. The van der Waals surface area contributed by atoms with Gasteiger partial charge in [0.1, 0.15) is 11.9 Å². The molecule has 3 fully saturated rings. The van der Waals surface area contributed by atoms with Crippen molar-refractivity contribution in [3.63, 3.8) is 0 Å². The molecule has 1 amide bonds. The van der Waals surface area contributed by atoms with Gasteiger partial charge in [0.15, 0.2) is 0 Å². The molecule has 24 heavy (non-hydrogen) atoms. The third kappa shape index (κ3) is 3.22. The molecule has 0 bridgehead atoms. The van der Waals surface area contributed by atoms with Crippen molar-refractivity contribution >= 4 is 5.91 Å². The number of piperidine rings is 1. The SMILES string of the molecule is Cc1cc(CN2CCC3(CC[C@H](C(=O)N4CCCC4)O3)CC2)no1.